The number of oxime groups is 1. The van der Waals surface area contributed by atoms with E-state index < -0.39 is 34.9 Å². The van der Waals surface area contributed by atoms with E-state index in [9.17, 15) is 29.5 Å². The zero-order valence-corrected chi connectivity index (χ0v) is 22.2. The Balaban J connectivity index is 0.00000190. The van der Waals surface area contributed by atoms with Crippen LogP contribution in [0.4, 0.5) is 5.13 Å². The van der Waals surface area contributed by atoms with Gasteiger partial charge in [-0.05, 0) is 18.1 Å². The van der Waals surface area contributed by atoms with E-state index in [0.29, 0.717) is 24.1 Å². The molecule has 1 aromatic rings. The second-order valence-corrected chi connectivity index (χ2v) is 10.3. The highest BCUT2D eigenvalue weighted by Gasteiger charge is 2.54. The molecule has 6 N–H and O–H groups in total. The number of aromatic nitrogens is 1. The molecular formula is C20H23Cl2N7O6S2. The number of nitrogen functional groups attached to an aromatic ring is 1. The maximum Gasteiger partial charge on any atom is 0.352 e. The van der Waals surface area contributed by atoms with Crippen LogP contribution in [0, 0.1) is 0 Å². The van der Waals surface area contributed by atoms with E-state index in [1.165, 1.54) is 17.1 Å². The van der Waals surface area contributed by atoms with Crippen LogP contribution in [0.1, 0.15) is 12.1 Å². The molecule has 1 aromatic heterocycles. The van der Waals surface area contributed by atoms with Crippen molar-refractivity contribution in [2.45, 2.75) is 23.9 Å². The van der Waals surface area contributed by atoms with E-state index in [-0.39, 0.29) is 59.0 Å². The molecule has 3 fully saturated rings. The Kier molecular flexibility index (Phi) is 8.74. The predicted molar refractivity (Wildman–Crippen MR) is 140 cm³/mol. The van der Waals surface area contributed by atoms with Gasteiger partial charge < -0.3 is 31.6 Å². The summed E-state index contributed by atoms with van der Waals surface area (Å²) in [6.07, 6.45) is 2.10. The fourth-order valence-electron chi connectivity index (χ4n) is 4.39. The van der Waals surface area contributed by atoms with Gasteiger partial charge >= 0.3 is 5.97 Å². The van der Waals surface area contributed by atoms with E-state index >= 15 is 0 Å². The third-order valence-electron chi connectivity index (χ3n) is 6.27. The Morgan fingerprint density at radius 3 is 2.59 bits per heavy atom. The number of nitrogens with one attached hydrogen (secondary N) is 2. The van der Waals surface area contributed by atoms with Gasteiger partial charge in [-0.15, -0.1) is 47.9 Å². The van der Waals surface area contributed by atoms with Crippen molar-refractivity contribution in [1.29, 1.82) is 0 Å². The Hall–Kier alpha value is -2.85. The molecule has 2 atom stereocenters. The highest BCUT2D eigenvalue weighted by atomic mass is 35.5. The molecule has 0 aliphatic carbocycles. The van der Waals surface area contributed by atoms with E-state index in [1.54, 1.807) is 11.0 Å². The minimum Gasteiger partial charge on any atom is -0.477 e. The molecule has 4 aliphatic heterocycles. The number of carbonyl (C=O) groups is 4. The molecule has 13 nitrogen and oxygen atoms in total. The Bertz CT molecular complexity index is 1230. The summed E-state index contributed by atoms with van der Waals surface area (Å²) in [6, 6.07) is -0.862. The molecule has 0 spiro atoms. The minimum absolute atomic E-state index is 0. The van der Waals surface area contributed by atoms with Gasteiger partial charge in [-0.3, -0.25) is 19.3 Å². The molecule has 4 aliphatic rings. The highest BCUT2D eigenvalue weighted by molar-refractivity contribution is 8.00. The van der Waals surface area contributed by atoms with Gasteiger partial charge in [0, 0.05) is 36.3 Å². The molecule has 5 rings (SSSR count). The van der Waals surface area contributed by atoms with Crippen LogP contribution in [-0.4, -0.2) is 97.3 Å². The lowest BCUT2D eigenvalue weighted by atomic mass is 10.0. The number of thioether (sulfide) groups is 1. The number of rotatable bonds is 6. The van der Waals surface area contributed by atoms with Crippen molar-refractivity contribution in [3.05, 3.63) is 34.0 Å². The zero-order valence-electron chi connectivity index (χ0n) is 18.9. The summed E-state index contributed by atoms with van der Waals surface area (Å²) in [5.41, 5.74) is 5.91. The molecule has 5 heterocycles. The lowest BCUT2D eigenvalue weighted by molar-refractivity contribution is -0.150. The van der Waals surface area contributed by atoms with Crippen LogP contribution < -0.4 is 16.4 Å². The molecular weight excluding hydrogens is 569 g/mol. The minimum atomic E-state index is -1.29. The molecule has 0 radical (unpaired) electrons. The molecule has 37 heavy (non-hydrogen) atoms. The van der Waals surface area contributed by atoms with Crippen molar-refractivity contribution in [2.75, 3.05) is 31.1 Å². The molecule has 0 unspecified atom stereocenters. The van der Waals surface area contributed by atoms with Gasteiger partial charge in [0.2, 0.25) is 5.91 Å². The normalized spacial score (nSPS) is 24.6. The van der Waals surface area contributed by atoms with Crippen LogP contribution in [0.25, 0.3) is 0 Å². The fourth-order valence-corrected chi connectivity index (χ4v) is 6.25. The first kappa shape index (κ1) is 28.7. The van der Waals surface area contributed by atoms with Gasteiger partial charge in [0.1, 0.15) is 22.8 Å². The van der Waals surface area contributed by atoms with Crippen molar-refractivity contribution in [3.8, 4) is 0 Å². The van der Waals surface area contributed by atoms with Crippen molar-refractivity contribution < 1.29 is 29.5 Å². The number of β-lactam (4-membered cyclic amide) rings is 1. The second-order valence-electron chi connectivity index (χ2n) is 8.29. The first-order valence-corrected chi connectivity index (χ1v) is 12.6. The van der Waals surface area contributed by atoms with Gasteiger partial charge in [0.05, 0.1) is 6.04 Å². The van der Waals surface area contributed by atoms with Gasteiger partial charge in [0.25, 0.3) is 11.8 Å². The number of nitrogens with zero attached hydrogens (tertiary/aromatic N) is 4. The highest BCUT2D eigenvalue weighted by Crippen LogP contribution is 2.41. The van der Waals surface area contributed by atoms with Crippen LogP contribution >= 0.6 is 47.9 Å². The predicted octanol–water partition coefficient (Wildman–Crippen LogP) is -0.384. The standard InChI is InChI=1S/C20H21N7O6S2.2ClH/c21-20-23-11(7-35-20)12(25-33)15(28)24-13-17(30)27-14(19(31)32)9(6-34-18(13)27)3-8-1-2-26(16(8)29)10-4-22-5-10;;/h3,7,10,13,18,22,33H,1-2,4-6H2,(H2,21,23)(H,24,28)(H,31,32);2*1H/b8-3+,25-12-;;/t13-,18-;;/m1../s1. The van der Waals surface area contributed by atoms with E-state index in [0.717, 1.165) is 29.3 Å². The fraction of sp³-hybridized carbons (Fsp3) is 0.400. The van der Waals surface area contributed by atoms with Crippen molar-refractivity contribution >= 4 is 82.4 Å². The van der Waals surface area contributed by atoms with Crippen molar-refractivity contribution in [3.63, 3.8) is 0 Å². The Morgan fingerprint density at radius 2 is 2.03 bits per heavy atom. The summed E-state index contributed by atoms with van der Waals surface area (Å²) in [7, 11) is 0. The number of thiazole rings is 1. The Labute approximate surface area is 231 Å². The summed E-state index contributed by atoms with van der Waals surface area (Å²) >= 11 is 2.33. The van der Waals surface area contributed by atoms with Gasteiger partial charge in [0.15, 0.2) is 10.8 Å². The lowest BCUT2D eigenvalue weighted by Crippen LogP contribution is -2.71. The third kappa shape index (κ3) is 5.01. The van der Waals surface area contributed by atoms with Crippen LogP contribution in [-0.2, 0) is 19.2 Å². The number of carboxylic acids is 1. The summed E-state index contributed by atoms with van der Waals surface area (Å²) in [6.45, 7) is 2.07. The monoisotopic (exact) mass is 591 g/mol. The molecule has 0 bridgehead atoms. The van der Waals surface area contributed by atoms with Gasteiger partial charge in [-0.2, -0.15) is 0 Å². The van der Waals surface area contributed by atoms with E-state index in [1.807, 2.05) is 0 Å². The molecule has 0 aromatic carbocycles. The number of halogens is 2. The molecule has 0 saturated carbocycles. The molecule has 17 heteroatoms. The molecule has 3 amide bonds. The number of hydrogen-bond acceptors (Lipinski definition) is 11. The number of fused-ring (bicyclic) bond motifs is 1. The number of allylic oxidation sites excluding steroid dienone is 1. The molecule has 200 valence electrons. The number of anilines is 1. The average molecular weight is 592 g/mol. The van der Waals surface area contributed by atoms with Crippen molar-refractivity contribution in [1.82, 2.24) is 25.4 Å². The average Bonchev–Trinajstić information content (AvgIpc) is 3.37. The van der Waals surface area contributed by atoms with Crippen LogP contribution in [0.15, 0.2) is 33.5 Å². The number of amides is 3. The number of aliphatic carboxylic acids is 1. The number of likely N-dealkylation sites (tertiary alicyclic amines) is 1. The maximum absolute atomic E-state index is 12.9. The summed E-state index contributed by atoms with van der Waals surface area (Å²) in [4.78, 5) is 57.2. The summed E-state index contributed by atoms with van der Waals surface area (Å²) < 4.78 is 0. The summed E-state index contributed by atoms with van der Waals surface area (Å²) in [5.74, 6) is -2.61. The summed E-state index contributed by atoms with van der Waals surface area (Å²) in [5, 5.41) is 28.7. The number of carbonyl (C=O) groups excluding carboxylic acids is 3. The first-order chi connectivity index (χ1) is 16.8. The van der Waals surface area contributed by atoms with Gasteiger partial charge in [-0.1, -0.05) is 5.16 Å². The zero-order chi connectivity index (χ0) is 24.9. The first-order valence-electron chi connectivity index (χ1n) is 10.7. The quantitative estimate of drug-likeness (QED) is 0.0957. The smallest absolute Gasteiger partial charge is 0.352 e. The maximum atomic E-state index is 12.9. The largest absolute Gasteiger partial charge is 0.477 e. The van der Waals surface area contributed by atoms with Crippen LogP contribution in [0.5, 0.6) is 0 Å². The molecule has 3 saturated heterocycles. The van der Waals surface area contributed by atoms with E-state index in [2.05, 4.69) is 20.8 Å². The van der Waals surface area contributed by atoms with Gasteiger partial charge in [-0.25, -0.2) is 9.78 Å². The van der Waals surface area contributed by atoms with Crippen LogP contribution in [0.2, 0.25) is 0 Å². The number of nitrogens with two attached hydrogens (primary N) is 1. The lowest BCUT2D eigenvalue weighted by Gasteiger charge is -2.49. The SMILES string of the molecule is Cl.Cl.Nc1nc(/C(=N/O)C(=O)N[C@@H]2C(=O)N3C(C(=O)O)=C(/C=C4\CCN(C5CNC5)C4=O)CS[C@H]23)cs1. The number of carboxylic acid groups (broad SMARTS) is 1. The third-order valence-corrected chi connectivity index (χ3v) is 8.25. The second kappa shape index (κ2) is 11.3. The van der Waals surface area contributed by atoms with Crippen molar-refractivity contribution in [2.24, 2.45) is 5.16 Å². The number of hydrogen-bond donors (Lipinski definition) is 5. The van der Waals surface area contributed by atoms with E-state index in [4.69, 9.17) is 5.73 Å². The van der Waals surface area contributed by atoms with Crippen LogP contribution in [0.3, 0.4) is 0 Å². The Morgan fingerprint density at radius 1 is 1.30 bits per heavy atom. The topological polar surface area (TPSA) is 191 Å².